The third-order valence-corrected chi connectivity index (χ3v) is 5.06. The van der Waals surface area contributed by atoms with Gasteiger partial charge in [-0.2, -0.15) is 0 Å². The van der Waals surface area contributed by atoms with Crippen molar-refractivity contribution in [3.8, 4) is 0 Å². The lowest BCUT2D eigenvalue weighted by Crippen LogP contribution is -2.50. The van der Waals surface area contributed by atoms with Crippen LogP contribution in [0, 0.1) is 11.8 Å². The number of fused-ring (bicyclic) bond motifs is 2. The van der Waals surface area contributed by atoms with Gasteiger partial charge < -0.3 is 4.90 Å². The van der Waals surface area contributed by atoms with Crippen LogP contribution in [0.15, 0.2) is 11.6 Å². The van der Waals surface area contributed by atoms with Gasteiger partial charge in [-0.1, -0.05) is 0 Å². The van der Waals surface area contributed by atoms with Crippen molar-refractivity contribution >= 4 is 11.3 Å². The Hall–Kier alpha value is -0.450. The lowest BCUT2D eigenvalue weighted by atomic mass is 9.91. The summed E-state index contributed by atoms with van der Waals surface area (Å²) in [4.78, 5) is 9.46. The van der Waals surface area contributed by atoms with E-state index in [1.54, 1.807) is 11.3 Å². The molecule has 3 rings (SSSR count). The summed E-state index contributed by atoms with van der Waals surface area (Å²) in [5.74, 6) is 1.76. The van der Waals surface area contributed by atoms with Gasteiger partial charge in [0, 0.05) is 30.7 Å². The molecule has 0 spiro atoms. The highest BCUT2D eigenvalue weighted by molar-refractivity contribution is 7.09. The Morgan fingerprint density at radius 2 is 2.06 bits per heavy atom. The van der Waals surface area contributed by atoms with Gasteiger partial charge >= 0.3 is 0 Å². The SMILES string of the molecule is CN(C)C1[C@@H]2CC[C@H]1CN(Cc1nccs1)C2. The largest absolute Gasteiger partial charge is 0.306 e. The van der Waals surface area contributed by atoms with Crippen LogP contribution >= 0.6 is 11.3 Å². The molecule has 2 heterocycles. The molecule has 17 heavy (non-hydrogen) atoms. The van der Waals surface area contributed by atoms with E-state index in [1.165, 1.54) is 30.9 Å². The molecule has 1 aromatic heterocycles. The molecular weight excluding hydrogens is 230 g/mol. The third-order valence-electron chi connectivity index (χ3n) is 4.30. The van der Waals surface area contributed by atoms with E-state index >= 15 is 0 Å². The fourth-order valence-electron chi connectivity index (χ4n) is 3.79. The van der Waals surface area contributed by atoms with E-state index in [-0.39, 0.29) is 0 Å². The van der Waals surface area contributed by atoms with Crippen LogP contribution in [0.4, 0.5) is 0 Å². The number of piperidine rings is 1. The van der Waals surface area contributed by atoms with Crippen LogP contribution < -0.4 is 0 Å². The Bertz CT molecular complexity index is 349. The van der Waals surface area contributed by atoms with Gasteiger partial charge in [0.15, 0.2) is 0 Å². The minimum absolute atomic E-state index is 0.822. The van der Waals surface area contributed by atoms with Crippen molar-refractivity contribution in [2.45, 2.75) is 25.4 Å². The van der Waals surface area contributed by atoms with Crippen molar-refractivity contribution in [2.75, 3.05) is 27.2 Å². The first-order chi connectivity index (χ1) is 8.24. The molecular formula is C13H21N3S. The molecule has 1 aliphatic heterocycles. The predicted octanol–water partition coefficient (Wildman–Crippen LogP) is 1.92. The standard InChI is InChI=1S/C13H21N3S/c1-15(2)13-10-3-4-11(13)8-16(7-10)9-12-14-5-6-17-12/h5-6,10-11,13H,3-4,7-9H2,1-2H3/t10-,11+,13?. The zero-order chi connectivity index (χ0) is 11.8. The van der Waals surface area contributed by atoms with Gasteiger partial charge in [0.05, 0.1) is 6.54 Å². The fourth-order valence-corrected chi connectivity index (χ4v) is 4.44. The molecule has 4 heteroatoms. The summed E-state index contributed by atoms with van der Waals surface area (Å²) in [7, 11) is 4.49. The molecule has 1 saturated carbocycles. The molecule has 94 valence electrons. The number of hydrogen-bond acceptors (Lipinski definition) is 4. The molecule has 3 nitrogen and oxygen atoms in total. The van der Waals surface area contributed by atoms with Crippen molar-refractivity contribution in [1.82, 2.24) is 14.8 Å². The van der Waals surface area contributed by atoms with E-state index in [9.17, 15) is 0 Å². The second-order valence-electron chi connectivity index (χ2n) is 5.67. The first-order valence-corrected chi connectivity index (χ1v) is 7.39. The maximum atomic E-state index is 4.40. The van der Waals surface area contributed by atoms with Crippen LogP contribution in [0.1, 0.15) is 17.8 Å². The van der Waals surface area contributed by atoms with Gasteiger partial charge in [-0.05, 0) is 38.8 Å². The summed E-state index contributed by atoms with van der Waals surface area (Å²) in [6, 6.07) is 0.822. The summed E-state index contributed by atoms with van der Waals surface area (Å²) >= 11 is 1.78. The van der Waals surface area contributed by atoms with Gasteiger partial charge in [-0.3, -0.25) is 4.90 Å². The van der Waals surface area contributed by atoms with Gasteiger partial charge in [0.2, 0.25) is 0 Å². The number of nitrogens with zero attached hydrogens (tertiary/aromatic N) is 3. The topological polar surface area (TPSA) is 19.4 Å². The highest BCUT2D eigenvalue weighted by Crippen LogP contribution is 2.39. The van der Waals surface area contributed by atoms with Gasteiger partial charge in [-0.25, -0.2) is 4.98 Å². The molecule has 1 unspecified atom stereocenters. The monoisotopic (exact) mass is 251 g/mol. The fraction of sp³-hybridized carbons (Fsp3) is 0.769. The number of thiazole rings is 1. The Kier molecular flexibility index (Phi) is 3.19. The van der Waals surface area contributed by atoms with Crippen molar-refractivity contribution in [3.63, 3.8) is 0 Å². The second kappa shape index (κ2) is 4.67. The van der Waals surface area contributed by atoms with Crippen molar-refractivity contribution in [3.05, 3.63) is 16.6 Å². The maximum absolute atomic E-state index is 4.40. The summed E-state index contributed by atoms with van der Waals surface area (Å²) in [5, 5.41) is 3.35. The maximum Gasteiger partial charge on any atom is 0.107 e. The van der Waals surface area contributed by atoms with Gasteiger partial charge in [0.1, 0.15) is 5.01 Å². The molecule has 1 aromatic rings. The van der Waals surface area contributed by atoms with Crippen LogP contribution in [0.5, 0.6) is 0 Å². The third kappa shape index (κ3) is 2.26. The number of likely N-dealkylation sites (tertiary alicyclic amines) is 1. The van der Waals surface area contributed by atoms with E-state index in [1.807, 2.05) is 6.20 Å². The molecule has 2 bridgehead atoms. The Morgan fingerprint density at radius 3 is 2.59 bits per heavy atom. The predicted molar refractivity (Wildman–Crippen MR) is 71.1 cm³/mol. The Morgan fingerprint density at radius 1 is 1.35 bits per heavy atom. The minimum atomic E-state index is 0.822. The smallest absolute Gasteiger partial charge is 0.107 e. The average molecular weight is 251 g/mol. The molecule has 2 aliphatic rings. The first kappa shape index (κ1) is 11.6. The summed E-state index contributed by atoms with van der Waals surface area (Å²) in [5.41, 5.74) is 0. The zero-order valence-electron chi connectivity index (χ0n) is 10.7. The summed E-state index contributed by atoms with van der Waals surface area (Å²) in [6.07, 6.45) is 4.75. The van der Waals surface area contributed by atoms with Crippen LogP contribution in [-0.4, -0.2) is 48.0 Å². The molecule has 0 aromatic carbocycles. The lowest BCUT2D eigenvalue weighted by molar-refractivity contribution is 0.0714. The highest BCUT2D eigenvalue weighted by atomic mass is 32.1. The molecule has 0 amide bonds. The van der Waals surface area contributed by atoms with E-state index in [4.69, 9.17) is 0 Å². The van der Waals surface area contributed by atoms with Crippen LogP contribution in [0.2, 0.25) is 0 Å². The zero-order valence-corrected chi connectivity index (χ0v) is 11.5. The summed E-state index contributed by atoms with van der Waals surface area (Å²) < 4.78 is 0. The molecule has 2 fully saturated rings. The second-order valence-corrected chi connectivity index (χ2v) is 6.65. The van der Waals surface area contributed by atoms with Crippen LogP contribution in [0.3, 0.4) is 0 Å². The molecule has 0 N–H and O–H groups in total. The quantitative estimate of drug-likeness (QED) is 0.818. The molecule has 1 aliphatic carbocycles. The number of rotatable bonds is 3. The van der Waals surface area contributed by atoms with Crippen LogP contribution in [0.25, 0.3) is 0 Å². The van der Waals surface area contributed by atoms with E-state index < -0.39 is 0 Å². The summed E-state index contributed by atoms with van der Waals surface area (Å²) in [6.45, 7) is 3.59. The van der Waals surface area contributed by atoms with Gasteiger partial charge in [0.25, 0.3) is 0 Å². The molecule has 3 atom stereocenters. The van der Waals surface area contributed by atoms with E-state index in [0.29, 0.717) is 0 Å². The number of aromatic nitrogens is 1. The van der Waals surface area contributed by atoms with Crippen molar-refractivity contribution in [1.29, 1.82) is 0 Å². The normalized spacial score (nSPS) is 33.5. The minimum Gasteiger partial charge on any atom is -0.306 e. The first-order valence-electron chi connectivity index (χ1n) is 6.51. The van der Waals surface area contributed by atoms with Crippen LogP contribution in [-0.2, 0) is 6.54 Å². The van der Waals surface area contributed by atoms with E-state index in [0.717, 1.165) is 24.4 Å². The molecule has 0 radical (unpaired) electrons. The highest BCUT2D eigenvalue weighted by Gasteiger charge is 2.42. The lowest BCUT2D eigenvalue weighted by Gasteiger charge is -2.40. The Balaban J connectivity index is 1.65. The Labute approximate surface area is 107 Å². The average Bonchev–Trinajstić information content (AvgIpc) is 2.86. The van der Waals surface area contributed by atoms with Gasteiger partial charge in [-0.15, -0.1) is 11.3 Å². The molecule has 1 saturated heterocycles. The van der Waals surface area contributed by atoms with Crippen molar-refractivity contribution < 1.29 is 0 Å². The van der Waals surface area contributed by atoms with Crippen molar-refractivity contribution in [2.24, 2.45) is 11.8 Å². The number of hydrogen-bond donors (Lipinski definition) is 0. The van der Waals surface area contributed by atoms with E-state index in [2.05, 4.69) is 34.3 Å².